The largest absolute Gasteiger partial charge is 0.382 e. The van der Waals surface area contributed by atoms with Crippen LogP contribution in [0.2, 0.25) is 0 Å². The van der Waals surface area contributed by atoms with Crippen molar-refractivity contribution in [2.75, 3.05) is 10.7 Å². The second-order valence-electron chi connectivity index (χ2n) is 4.44. The van der Waals surface area contributed by atoms with Gasteiger partial charge in [-0.3, -0.25) is 15.6 Å². The Morgan fingerprint density at radius 3 is 2.76 bits per heavy atom. The fourth-order valence-corrected chi connectivity index (χ4v) is 1.56. The molecule has 0 atom stereocenters. The number of aryl methyl sites for hydroxylation is 1. The van der Waals surface area contributed by atoms with Crippen molar-refractivity contribution in [1.29, 1.82) is 10.7 Å². The summed E-state index contributed by atoms with van der Waals surface area (Å²) in [4.78, 5) is 11.7. The quantitative estimate of drug-likeness (QED) is 0.362. The summed E-state index contributed by atoms with van der Waals surface area (Å²) in [5.41, 5.74) is 9.72. The minimum absolute atomic E-state index is 0.0968. The van der Waals surface area contributed by atoms with Crippen LogP contribution in [-0.2, 0) is 4.79 Å². The second-order valence-corrected chi connectivity index (χ2v) is 4.44. The van der Waals surface area contributed by atoms with Gasteiger partial charge >= 0.3 is 0 Å². The molecule has 7 nitrogen and oxygen atoms in total. The van der Waals surface area contributed by atoms with E-state index in [0.29, 0.717) is 17.8 Å². The van der Waals surface area contributed by atoms with Gasteiger partial charge in [-0.1, -0.05) is 13.0 Å². The third-order valence-electron chi connectivity index (χ3n) is 2.58. The molecule has 0 aliphatic rings. The van der Waals surface area contributed by atoms with Crippen molar-refractivity contribution in [1.82, 2.24) is 0 Å². The highest BCUT2D eigenvalue weighted by molar-refractivity contribution is 6.45. The summed E-state index contributed by atoms with van der Waals surface area (Å²) in [6.07, 6.45) is 1.18. The number of nitrogens with one attached hydrogen (secondary N) is 3. The highest BCUT2D eigenvalue weighted by Crippen LogP contribution is 2.23. The molecule has 0 fully saturated rings. The fraction of sp³-hybridized carbons (Fsp3) is 0.286. The molecule has 110 valence electrons. The number of nitrogens with two attached hydrogens (primary N) is 1. The zero-order valence-corrected chi connectivity index (χ0v) is 12.0. The van der Waals surface area contributed by atoms with Gasteiger partial charge in [-0.2, -0.15) is 10.4 Å². The maximum Gasteiger partial charge on any atom is 0.224 e. The Kier molecular flexibility index (Phi) is 5.89. The van der Waals surface area contributed by atoms with Gasteiger partial charge in [0.25, 0.3) is 0 Å². The molecule has 1 amide bonds. The molecular weight excluding hydrogens is 268 g/mol. The number of anilines is 2. The Morgan fingerprint density at radius 1 is 1.48 bits per heavy atom. The summed E-state index contributed by atoms with van der Waals surface area (Å²) < 4.78 is 0. The molecular formula is C14H18N6O. The van der Waals surface area contributed by atoms with E-state index in [2.05, 4.69) is 15.8 Å². The lowest BCUT2D eigenvalue weighted by Gasteiger charge is -2.11. The molecule has 0 heterocycles. The third kappa shape index (κ3) is 4.95. The molecule has 5 N–H and O–H groups in total. The number of amides is 1. The monoisotopic (exact) mass is 286 g/mol. The molecule has 0 saturated heterocycles. The summed E-state index contributed by atoms with van der Waals surface area (Å²) in [6, 6.07) is 7.10. The van der Waals surface area contributed by atoms with Crippen molar-refractivity contribution in [3.05, 3.63) is 23.8 Å². The Balaban J connectivity index is 3.00. The molecule has 0 aromatic heterocycles. The first kappa shape index (κ1) is 16.2. The van der Waals surface area contributed by atoms with Gasteiger partial charge in [-0.05, 0) is 31.0 Å². The molecule has 0 bridgehead atoms. The number of hydrazone groups is 1. The topological polar surface area (TPSA) is 127 Å². The first-order chi connectivity index (χ1) is 9.97. The van der Waals surface area contributed by atoms with E-state index in [1.807, 2.05) is 19.9 Å². The predicted molar refractivity (Wildman–Crippen MR) is 83.3 cm³/mol. The van der Waals surface area contributed by atoms with E-state index >= 15 is 0 Å². The van der Waals surface area contributed by atoms with Crippen molar-refractivity contribution in [2.24, 2.45) is 10.8 Å². The van der Waals surface area contributed by atoms with Gasteiger partial charge in [0.15, 0.2) is 5.84 Å². The van der Waals surface area contributed by atoms with Crippen LogP contribution in [0.15, 0.2) is 23.3 Å². The van der Waals surface area contributed by atoms with Crippen LogP contribution in [0.1, 0.15) is 25.3 Å². The standard InChI is InChI=1S/C14H18N6O/c1-3-4-13(21)18-10-6-5-9(2)7-11(10)19-20-12(8-15)14(16)17/h5-7,19H,3-4H2,1-2H3,(H3,16,17)(H,18,21)/b20-12+. The van der Waals surface area contributed by atoms with Gasteiger partial charge < -0.3 is 11.1 Å². The fourth-order valence-electron chi connectivity index (χ4n) is 1.56. The summed E-state index contributed by atoms with van der Waals surface area (Å²) >= 11 is 0. The zero-order valence-electron chi connectivity index (χ0n) is 12.0. The smallest absolute Gasteiger partial charge is 0.224 e. The van der Waals surface area contributed by atoms with Crippen LogP contribution in [0.3, 0.4) is 0 Å². The van der Waals surface area contributed by atoms with E-state index in [0.717, 1.165) is 12.0 Å². The summed E-state index contributed by atoms with van der Waals surface area (Å²) in [7, 11) is 0. The molecule has 0 aliphatic carbocycles. The van der Waals surface area contributed by atoms with Crippen LogP contribution >= 0.6 is 0 Å². The van der Waals surface area contributed by atoms with Crippen molar-refractivity contribution in [2.45, 2.75) is 26.7 Å². The second kappa shape index (κ2) is 7.65. The molecule has 0 spiro atoms. The van der Waals surface area contributed by atoms with E-state index in [1.54, 1.807) is 18.2 Å². The van der Waals surface area contributed by atoms with Crippen LogP contribution in [0.25, 0.3) is 0 Å². The zero-order chi connectivity index (χ0) is 15.8. The van der Waals surface area contributed by atoms with Crippen molar-refractivity contribution in [3.63, 3.8) is 0 Å². The maximum absolute atomic E-state index is 11.7. The number of hydrogen-bond acceptors (Lipinski definition) is 5. The summed E-state index contributed by atoms with van der Waals surface area (Å²) in [5, 5.41) is 22.5. The van der Waals surface area contributed by atoms with E-state index < -0.39 is 5.84 Å². The first-order valence-electron chi connectivity index (χ1n) is 6.46. The minimum Gasteiger partial charge on any atom is -0.382 e. The van der Waals surface area contributed by atoms with Crippen LogP contribution in [0, 0.1) is 23.7 Å². The number of nitrogens with zero attached hydrogens (tertiary/aromatic N) is 2. The van der Waals surface area contributed by atoms with Crippen LogP contribution in [0.5, 0.6) is 0 Å². The van der Waals surface area contributed by atoms with E-state index in [9.17, 15) is 4.79 Å². The lowest BCUT2D eigenvalue weighted by atomic mass is 10.2. The number of benzene rings is 1. The van der Waals surface area contributed by atoms with Gasteiger partial charge in [0.05, 0.1) is 11.4 Å². The van der Waals surface area contributed by atoms with Crippen molar-refractivity contribution in [3.8, 4) is 6.07 Å². The van der Waals surface area contributed by atoms with Gasteiger partial charge in [0, 0.05) is 6.42 Å². The third-order valence-corrected chi connectivity index (χ3v) is 2.58. The van der Waals surface area contributed by atoms with Crippen LogP contribution in [-0.4, -0.2) is 17.5 Å². The minimum atomic E-state index is -0.422. The molecule has 0 radical (unpaired) electrons. The molecule has 0 unspecified atom stereocenters. The number of nitriles is 1. The van der Waals surface area contributed by atoms with E-state index in [4.69, 9.17) is 16.4 Å². The normalized spacial score (nSPS) is 10.6. The number of rotatable bonds is 6. The molecule has 1 aromatic carbocycles. The number of amidine groups is 1. The van der Waals surface area contributed by atoms with Crippen molar-refractivity contribution >= 4 is 28.8 Å². The highest BCUT2D eigenvalue weighted by atomic mass is 16.1. The molecule has 7 heteroatoms. The Labute approximate surface area is 123 Å². The lowest BCUT2D eigenvalue weighted by molar-refractivity contribution is -0.116. The Hall–Kier alpha value is -2.88. The summed E-state index contributed by atoms with van der Waals surface area (Å²) in [5.74, 6) is -0.519. The molecule has 21 heavy (non-hydrogen) atoms. The van der Waals surface area contributed by atoms with Gasteiger partial charge in [0.2, 0.25) is 11.6 Å². The average molecular weight is 286 g/mol. The lowest BCUT2D eigenvalue weighted by Crippen LogP contribution is -2.22. The van der Waals surface area contributed by atoms with Crippen LogP contribution < -0.4 is 16.5 Å². The summed E-state index contributed by atoms with van der Waals surface area (Å²) in [6.45, 7) is 3.81. The maximum atomic E-state index is 11.7. The van der Waals surface area contributed by atoms with Gasteiger partial charge in [-0.25, -0.2) is 0 Å². The molecule has 1 aromatic rings. The predicted octanol–water partition coefficient (Wildman–Crippen LogP) is 1.96. The van der Waals surface area contributed by atoms with Crippen LogP contribution in [0.4, 0.5) is 11.4 Å². The molecule has 0 aliphatic heterocycles. The van der Waals surface area contributed by atoms with Crippen molar-refractivity contribution < 1.29 is 4.79 Å². The average Bonchev–Trinajstić information content (AvgIpc) is 2.42. The highest BCUT2D eigenvalue weighted by Gasteiger charge is 2.07. The molecule has 0 saturated carbocycles. The van der Waals surface area contributed by atoms with E-state index in [-0.39, 0.29) is 11.6 Å². The Bertz CT molecular complexity index is 614. The molecule has 1 rings (SSSR count). The first-order valence-corrected chi connectivity index (χ1v) is 6.46. The van der Waals surface area contributed by atoms with Gasteiger partial charge in [-0.15, -0.1) is 0 Å². The number of hydrogen-bond donors (Lipinski definition) is 4. The number of carbonyl (C=O) groups is 1. The van der Waals surface area contributed by atoms with E-state index in [1.165, 1.54) is 0 Å². The SMILES string of the molecule is CCCC(=O)Nc1ccc(C)cc1N/N=C(\C#N)C(=N)N. The number of carbonyl (C=O) groups excluding carboxylic acids is 1. The van der Waals surface area contributed by atoms with Gasteiger partial charge in [0.1, 0.15) is 6.07 Å². The Morgan fingerprint density at radius 2 is 2.19 bits per heavy atom.